The quantitative estimate of drug-likeness (QED) is 0.920. The van der Waals surface area contributed by atoms with Crippen molar-refractivity contribution >= 4 is 15.9 Å². The van der Waals surface area contributed by atoms with Crippen molar-refractivity contribution in [1.82, 2.24) is 14.9 Å². The lowest BCUT2D eigenvalue weighted by Crippen LogP contribution is -2.15. The Bertz CT molecular complexity index is 518. The van der Waals surface area contributed by atoms with Gasteiger partial charge in [-0.25, -0.2) is 4.98 Å². The molecule has 1 heterocycles. The van der Waals surface area contributed by atoms with E-state index in [4.69, 9.17) is 0 Å². The lowest BCUT2D eigenvalue weighted by atomic mass is 10.1. The maximum absolute atomic E-state index is 4.06. The average Bonchev–Trinajstić information content (AvgIpc) is 3.06. The number of imidazole rings is 1. The first kappa shape index (κ1) is 11.9. The monoisotopic (exact) mass is 305 g/mol. The van der Waals surface area contributed by atoms with E-state index in [0.717, 1.165) is 19.1 Å². The number of hydrogen-bond donors (Lipinski definition) is 1. The molecule has 0 radical (unpaired) electrons. The van der Waals surface area contributed by atoms with Gasteiger partial charge in [-0.3, -0.25) is 0 Å². The highest BCUT2D eigenvalue weighted by atomic mass is 79.9. The van der Waals surface area contributed by atoms with Crippen LogP contribution in [0, 0.1) is 0 Å². The van der Waals surface area contributed by atoms with Crippen molar-refractivity contribution in [2.45, 2.75) is 32.0 Å². The third-order valence-electron chi connectivity index (χ3n) is 3.20. The maximum Gasteiger partial charge on any atom is 0.0949 e. The molecule has 1 aliphatic carbocycles. The summed E-state index contributed by atoms with van der Waals surface area (Å²) >= 11 is 3.65. The van der Waals surface area contributed by atoms with E-state index < -0.39 is 0 Å². The van der Waals surface area contributed by atoms with Gasteiger partial charge in [0.25, 0.3) is 0 Å². The Labute approximate surface area is 115 Å². The van der Waals surface area contributed by atoms with E-state index in [0.29, 0.717) is 0 Å². The van der Waals surface area contributed by atoms with Gasteiger partial charge < -0.3 is 9.88 Å². The van der Waals surface area contributed by atoms with Crippen molar-refractivity contribution < 1.29 is 0 Å². The maximum atomic E-state index is 4.06. The van der Waals surface area contributed by atoms with Crippen LogP contribution in [0.5, 0.6) is 0 Å². The molecule has 0 bridgehead atoms. The second-order valence-corrected chi connectivity index (χ2v) is 5.67. The first-order valence-electron chi connectivity index (χ1n) is 6.28. The zero-order valence-electron chi connectivity index (χ0n) is 10.1. The fraction of sp³-hybridized carbons (Fsp3) is 0.357. The van der Waals surface area contributed by atoms with Gasteiger partial charge in [-0.15, -0.1) is 0 Å². The number of hydrogen-bond acceptors (Lipinski definition) is 2. The molecule has 18 heavy (non-hydrogen) atoms. The molecule has 2 aromatic rings. The molecule has 0 atom stereocenters. The minimum absolute atomic E-state index is 0.759. The van der Waals surface area contributed by atoms with E-state index in [1.807, 2.05) is 18.7 Å². The number of nitrogens with zero attached hydrogens (tertiary/aromatic N) is 2. The highest BCUT2D eigenvalue weighted by molar-refractivity contribution is 9.10. The smallest absolute Gasteiger partial charge is 0.0949 e. The predicted molar refractivity (Wildman–Crippen MR) is 75.3 cm³/mol. The van der Waals surface area contributed by atoms with E-state index in [2.05, 4.69) is 49.0 Å². The molecule has 1 aromatic carbocycles. The first-order chi connectivity index (χ1) is 8.81. The summed E-state index contributed by atoms with van der Waals surface area (Å²) in [7, 11) is 0. The second-order valence-electron chi connectivity index (χ2n) is 4.82. The zero-order chi connectivity index (χ0) is 12.4. The number of nitrogens with one attached hydrogen (secondary N) is 1. The van der Waals surface area contributed by atoms with Gasteiger partial charge in [0.1, 0.15) is 0 Å². The normalized spacial score (nSPS) is 14.9. The summed E-state index contributed by atoms with van der Waals surface area (Å²) in [5, 5.41) is 3.53. The minimum atomic E-state index is 0.759. The molecule has 0 amide bonds. The summed E-state index contributed by atoms with van der Waals surface area (Å²) in [5.41, 5.74) is 2.62. The lowest BCUT2D eigenvalue weighted by Gasteiger charge is -2.09. The van der Waals surface area contributed by atoms with Gasteiger partial charge in [0.15, 0.2) is 0 Å². The summed E-state index contributed by atoms with van der Waals surface area (Å²) in [5.74, 6) is 0. The zero-order valence-corrected chi connectivity index (χ0v) is 11.7. The molecule has 1 aliphatic rings. The highest BCUT2D eigenvalue weighted by Gasteiger charge is 2.19. The van der Waals surface area contributed by atoms with Gasteiger partial charge in [0.2, 0.25) is 0 Å². The van der Waals surface area contributed by atoms with E-state index in [1.54, 1.807) is 0 Å². The molecular formula is C14H16BrN3. The van der Waals surface area contributed by atoms with E-state index in [-0.39, 0.29) is 0 Å². The van der Waals surface area contributed by atoms with Crippen LogP contribution < -0.4 is 5.32 Å². The van der Waals surface area contributed by atoms with Crippen LogP contribution in [0.2, 0.25) is 0 Å². The predicted octanol–water partition coefficient (Wildman–Crippen LogP) is 2.95. The number of halogens is 1. The molecule has 0 spiro atoms. The molecular weight excluding hydrogens is 290 g/mol. The van der Waals surface area contributed by atoms with Crippen LogP contribution in [0.3, 0.4) is 0 Å². The molecule has 94 valence electrons. The topological polar surface area (TPSA) is 29.9 Å². The number of rotatable bonds is 5. The van der Waals surface area contributed by atoms with Crippen LogP contribution in [0.25, 0.3) is 0 Å². The Kier molecular flexibility index (Phi) is 3.48. The standard InChI is InChI=1S/C14H16BrN3/c15-14-7-11(8-17-13-3-4-13)1-2-12(14)9-18-6-5-16-10-18/h1-2,5-7,10,13,17H,3-4,8-9H2. The first-order valence-corrected chi connectivity index (χ1v) is 7.07. The van der Waals surface area contributed by atoms with E-state index >= 15 is 0 Å². The Morgan fingerprint density at radius 2 is 2.28 bits per heavy atom. The summed E-state index contributed by atoms with van der Waals surface area (Å²) in [6.45, 7) is 1.82. The second kappa shape index (κ2) is 5.24. The van der Waals surface area contributed by atoms with Gasteiger partial charge in [0.05, 0.1) is 6.33 Å². The third kappa shape index (κ3) is 3.00. The van der Waals surface area contributed by atoms with Crippen LogP contribution >= 0.6 is 15.9 Å². The average molecular weight is 306 g/mol. The van der Waals surface area contributed by atoms with E-state index in [1.165, 1.54) is 28.4 Å². The highest BCUT2D eigenvalue weighted by Crippen LogP contribution is 2.22. The lowest BCUT2D eigenvalue weighted by molar-refractivity contribution is 0.687. The molecule has 0 unspecified atom stereocenters. The fourth-order valence-corrected chi connectivity index (χ4v) is 2.51. The molecule has 1 aromatic heterocycles. The van der Waals surface area contributed by atoms with Crippen molar-refractivity contribution in [3.8, 4) is 0 Å². The van der Waals surface area contributed by atoms with E-state index in [9.17, 15) is 0 Å². The molecule has 0 saturated heterocycles. The largest absolute Gasteiger partial charge is 0.333 e. The molecule has 0 aliphatic heterocycles. The SMILES string of the molecule is Brc1cc(CNC2CC2)ccc1Cn1ccnc1. The van der Waals surface area contributed by atoms with Crippen LogP contribution in [0.4, 0.5) is 0 Å². The van der Waals surface area contributed by atoms with Gasteiger partial charge in [-0.2, -0.15) is 0 Å². The third-order valence-corrected chi connectivity index (χ3v) is 3.94. The van der Waals surface area contributed by atoms with Crippen LogP contribution in [-0.4, -0.2) is 15.6 Å². The summed E-state index contributed by atoms with van der Waals surface area (Å²) in [6.07, 6.45) is 8.30. The van der Waals surface area contributed by atoms with Crippen LogP contribution in [0.1, 0.15) is 24.0 Å². The molecule has 1 N–H and O–H groups in total. The molecule has 4 heteroatoms. The Hall–Kier alpha value is -1.13. The van der Waals surface area contributed by atoms with Crippen molar-refractivity contribution in [3.05, 3.63) is 52.5 Å². The van der Waals surface area contributed by atoms with Crippen molar-refractivity contribution in [1.29, 1.82) is 0 Å². The molecule has 1 fully saturated rings. The van der Waals surface area contributed by atoms with Gasteiger partial charge >= 0.3 is 0 Å². The Morgan fingerprint density at radius 3 is 2.94 bits per heavy atom. The Morgan fingerprint density at radius 1 is 1.39 bits per heavy atom. The molecule has 3 nitrogen and oxygen atoms in total. The Balaban J connectivity index is 1.67. The van der Waals surface area contributed by atoms with Gasteiger partial charge in [0, 0.05) is 36.0 Å². The van der Waals surface area contributed by atoms with Crippen LogP contribution in [-0.2, 0) is 13.1 Å². The summed E-state index contributed by atoms with van der Waals surface area (Å²) in [6, 6.07) is 7.36. The molecule has 3 rings (SSSR count). The minimum Gasteiger partial charge on any atom is -0.333 e. The summed E-state index contributed by atoms with van der Waals surface area (Å²) < 4.78 is 3.24. The van der Waals surface area contributed by atoms with Crippen molar-refractivity contribution in [3.63, 3.8) is 0 Å². The molecule has 1 saturated carbocycles. The van der Waals surface area contributed by atoms with Crippen molar-refractivity contribution in [2.24, 2.45) is 0 Å². The van der Waals surface area contributed by atoms with Crippen molar-refractivity contribution in [2.75, 3.05) is 0 Å². The van der Waals surface area contributed by atoms with Gasteiger partial charge in [-0.05, 0) is 30.0 Å². The van der Waals surface area contributed by atoms with Gasteiger partial charge in [-0.1, -0.05) is 28.1 Å². The fourth-order valence-electron chi connectivity index (χ4n) is 1.96. The van der Waals surface area contributed by atoms with Crippen LogP contribution in [0.15, 0.2) is 41.4 Å². The summed E-state index contributed by atoms with van der Waals surface area (Å²) in [4.78, 5) is 4.06. The number of aromatic nitrogens is 2. The number of benzene rings is 1.